The van der Waals surface area contributed by atoms with Crippen molar-refractivity contribution in [1.29, 1.82) is 0 Å². The molecule has 23 heavy (non-hydrogen) atoms. The lowest BCUT2D eigenvalue weighted by Crippen LogP contribution is -1.97. The lowest BCUT2D eigenvalue weighted by atomic mass is 10.0. The summed E-state index contributed by atoms with van der Waals surface area (Å²) in [4.78, 5) is 15.1. The van der Waals surface area contributed by atoms with Gasteiger partial charge >= 0.3 is 5.97 Å². The van der Waals surface area contributed by atoms with E-state index in [1.54, 1.807) is 48.7 Å². The highest BCUT2D eigenvalue weighted by atomic mass is 35.5. The Morgan fingerprint density at radius 1 is 1.09 bits per heavy atom. The summed E-state index contributed by atoms with van der Waals surface area (Å²) in [6, 6.07) is 13.7. The highest BCUT2D eigenvalue weighted by Gasteiger charge is 2.08. The van der Waals surface area contributed by atoms with E-state index in [4.69, 9.17) is 21.4 Å². The average molecular weight is 330 g/mol. The average Bonchev–Trinajstić information content (AvgIpc) is 2.56. The molecule has 1 aromatic heterocycles. The van der Waals surface area contributed by atoms with Gasteiger partial charge in [-0.15, -0.1) is 0 Å². The molecule has 0 bridgehead atoms. The van der Waals surface area contributed by atoms with Crippen molar-refractivity contribution in [3.05, 3.63) is 65.4 Å². The number of nitrogens with zero attached hydrogens (tertiary/aromatic N) is 1. The number of benzene rings is 2. The van der Waals surface area contributed by atoms with Crippen molar-refractivity contribution in [2.24, 2.45) is 0 Å². The standard InChI is InChI=1S/C16H10ClNO3.C2H6/c17-15-9-12(6-7-18-15)21-11-4-5-13-10(8-11)2-1-3-14(13)16(19)20;1-2/h1-9H,(H,19,20);1-2H3. The number of pyridine rings is 1. The molecule has 0 fully saturated rings. The summed E-state index contributed by atoms with van der Waals surface area (Å²) >= 11 is 5.81. The van der Waals surface area contributed by atoms with Gasteiger partial charge in [0.05, 0.1) is 5.56 Å². The second-order valence-corrected chi connectivity index (χ2v) is 4.80. The summed E-state index contributed by atoms with van der Waals surface area (Å²) in [5.41, 5.74) is 0.269. The van der Waals surface area contributed by atoms with Crippen LogP contribution in [0.15, 0.2) is 54.7 Å². The molecule has 0 radical (unpaired) electrons. The van der Waals surface area contributed by atoms with Crippen LogP contribution in [0, 0.1) is 0 Å². The number of carbonyl (C=O) groups is 1. The number of rotatable bonds is 3. The number of carboxylic acids is 1. The molecule has 0 unspecified atom stereocenters. The molecule has 0 saturated heterocycles. The van der Waals surface area contributed by atoms with Gasteiger partial charge in [0.2, 0.25) is 0 Å². The van der Waals surface area contributed by atoms with E-state index < -0.39 is 5.97 Å². The van der Waals surface area contributed by atoms with Crippen LogP contribution in [0.4, 0.5) is 0 Å². The quantitative estimate of drug-likeness (QED) is 0.653. The normalized spacial score (nSPS) is 9.87. The fourth-order valence-corrected chi connectivity index (χ4v) is 2.26. The molecule has 0 atom stereocenters. The first kappa shape index (κ1) is 16.8. The van der Waals surface area contributed by atoms with Crippen LogP contribution in [0.25, 0.3) is 10.8 Å². The monoisotopic (exact) mass is 329 g/mol. The van der Waals surface area contributed by atoms with Gasteiger partial charge in [-0.2, -0.15) is 0 Å². The lowest BCUT2D eigenvalue weighted by Gasteiger charge is -2.08. The van der Waals surface area contributed by atoms with Crippen LogP contribution in [0.2, 0.25) is 5.15 Å². The van der Waals surface area contributed by atoms with Crippen molar-refractivity contribution in [3.63, 3.8) is 0 Å². The molecule has 118 valence electrons. The van der Waals surface area contributed by atoms with Crippen LogP contribution in [-0.2, 0) is 0 Å². The maximum absolute atomic E-state index is 11.2. The van der Waals surface area contributed by atoms with Crippen molar-refractivity contribution in [3.8, 4) is 11.5 Å². The van der Waals surface area contributed by atoms with Crippen molar-refractivity contribution < 1.29 is 14.6 Å². The molecule has 5 heteroatoms. The topological polar surface area (TPSA) is 59.4 Å². The Balaban J connectivity index is 0.000000924. The minimum absolute atomic E-state index is 0.269. The van der Waals surface area contributed by atoms with E-state index in [9.17, 15) is 4.79 Å². The number of carboxylic acid groups (broad SMARTS) is 1. The molecule has 0 aliphatic carbocycles. The number of ether oxygens (including phenoxy) is 1. The summed E-state index contributed by atoms with van der Waals surface area (Å²) in [7, 11) is 0. The first-order chi connectivity index (χ1) is 11.1. The van der Waals surface area contributed by atoms with E-state index in [2.05, 4.69) is 4.98 Å². The molecule has 3 aromatic rings. The van der Waals surface area contributed by atoms with E-state index >= 15 is 0 Å². The fourth-order valence-electron chi connectivity index (χ4n) is 2.10. The summed E-state index contributed by atoms with van der Waals surface area (Å²) in [5, 5.41) is 11.0. The van der Waals surface area contributed by atoms with Gasteiger partial charge in [0.1, 0.15) is 16.7 Å². The third-order valence-corrected chi connectivity index (χ3v) is 3.22. The second kappa shape index (κ2) is 7.61. The summed E-state index contributed by atoms with van der Waals surface area (Å²) in [6.07, 6.45) is 1.56. The maximum atomic E-state index is 11.2. The van der Waals surface area contributed by atoms with Gasteiger partial charge in [-0.25, -0.2) is 9.78 Å². The van der Waals surface area contributed by atoms with Crippen molar-refractivity contribution in [2.75, 3.05) is 0 Å². The molecule has 0 aliphatic rings. The van der Waals surface area contributed by atoms with E-state index in [1.807, 2.05) is 19.9 Å². The largest absolute Gasteiger partial charge is 0.478 e. The van der Waals surface area contributed by atoms with Crippen LogP contribution in [0.3, 0.4) is 0 Å². The summed E-state index contributed by atoms with van der Waals surface area (Å²) in [5.74, 6) is 0.228. The highest BCUT2D eigenvalue weighted by molar-refractivity contribution is 6.29. The molecule has 0 saturated carbocycles. The Morgan fingerprint density at radius 3 is 2.52 bits per heavy atom. The third kappa shape index (κ3) is 3.99. The van der Waals surface area contributed by atoms with Crippen LogP contribution in [0.1, 0.15) is 24.2 Å². The van der Waals surface area contributed by atoms with Crippen LogP contribution >= 0.6 is 11.6 Å². The SMILES string of the molecule is CC.O=C(O)c1cccc2cc(Oc3ccnc(Cl)c3)ccc12. The Morgan fingerprint density at radius 2 is 1.83 bits per heavy atom. The highest BCUT2D eigenvalue weighted by Crippen LogP contribution is 2.28. The molecule has 3 rings (SSSR count). The van der Waals surface area contributed by atoms with Gasteiger partial charge in [-0.1, -0.05) is 37.6 Å². The van der Waals surface area contributed by atoms with E-state index in [-0.39, 0.29) is 5.56 Å². The van der Waals surface area contributed by atoms with Gasteiger partial charge in [0.25, 0.3) is 0 Å². The number of hydrogen-bond donors (Lipinski definition) is 1. The number of fused-ring (bicyclic) bond motifs is 1. The number of aromatic nitrogens is 1. The van der Waals surface area contributed by atoms with Gasteiger partial charge < -0.3 is 9.84 Å². The molecule has 0 spiro atoms. The molecule has 4 nitrogen and oxygen atoms in total. The molecule has 1 heterocycles. The maximum Gasteiger partial charge on any atom is 0.336 e. The Kier molecular flexibility index (Phi) is 5.55. The lowest BCUT2D eigenvalue weighted by molar-refractivity contribution is 0.0699. The Labute approximate surface area is 139 Å². The van der Waals surface area contributed by atoms with Crippen molar-refractivity contribution in [1.82, 2.24) is 4.98 Å². The summed E-state index contributed by atoms with van der Waals surface area (Å²) < 4.78 is 5.70. The predicted octanol–water partition coefficient (Wildman–Crippen LogP) is 5.40. The second-order valence-electron chi connectivity index (χ2n) is 4.41. The fraction of sp³-hybridized carbons (Fsp3) is 0.111. The van der Waals surface area contributed by atoms with Crippen LogP contribution < -0.4 is 4.74 Å². The molecule has 1 N–H and O–H groups in total. The number of hydrogen-bond acceptors (Lipinski definition) is 3. The minimum Gasteiger partial charge on any atom is -0.478 e. The summed E-state index contributed by atoms with van der Waals surface area (Å²) in [6.45, 7) is 4.00. The molecule has 0 aliphatic heterocycles. The third-order valence-electron chi connectivity index (χ3n) is 3.02. The first-order valence-electron chi connectivity index (χ1n) is 7.19. The van der Waals surface area contributed by atoms with Crippen molar-refractivity contribution in [2.45, 2.75) is 13.8 Å². The van der Waals surface area contributed by atoms with E-state index in [0.29, 0.717) is 22.0 Å². The Hall–Kier alpha value is -2.59. The molecule has 2 aromatic carbocycles. The van der Waals surface area contributed by atoms with Gasteiger partial charge in [-0.3, -0.25) is 0 Å². The molecule has 0 amide bonds. The first-order valence-corrected chi connectivity index (χ1v) is 7.57. The number of aromatic carboxylic acids is 1. The van der Waals surface area contributed by atoms with Crippen LogP contribution in [0.5, 0.6) is 11.5 Å². The van der Waals surface area contributed by atoms with Crippen LogP contribution in [-0.4, -0.2) is 16.1 Å². The minimum atomic E-state index is -0.949. The van der Waals surface area contributed by atoms with Gasteiger partial charge in [-0.05, 0) is 41.1 Å². The van der Waals surface area contributed by atoms with Gasteiger partial charge in [0, 0.05) is 12.3 Å². The number of halogens is 1. The van der Waals surface area contributed by atoms with Gasteiger partial charge in [0.15, 0.2) is 0 Å². The predicted molar refractivity (Wildman–Crippen MR) is 91.6 cm³/mol. The zero-order valence-corrected chi connectivity index (χ0v) is 13.5. The molecular weight excluding hydrogens is 314 g/mol. The zero-order valence-electron chi connectivity index (χ0n) is 12.8. The zero-order chi connectivity index (χ0) is 16.8. The Bertz CT molecular complexity index is 833. The van der Waals surface area contributed by atoms with Crippen molar-refractivity contribution >= 4 is 28.3 Å². The molecular formula is C18H16ClNO3. The van der Waals surface area contributed by atoms with E-state index in [1.165, 1.54) is 0 Å². The smallest absolute Gasteiger partial charge is 0.336 e. The van der Waals surface area contributed by atoms with E-state index in [0.717, 1.165) is 5.39 Å².